The molecule has 168 valence electrons. The number of carbonyl (C=O) groups excluding carboxylic acids is 2. The number of hydrogen-bond donors (Lipinski definition) is 1. The minimum atomic E-state index is -0.599. The molecular weight excluding hydrogens is 404 g/mol. The molecule has 0 aromatic heterocycles. The molecule has 2 aliphatic rings. The summed E-state index contributed by atoms with van der Waals surface area (Å²) in [5, 5.41) is 3.52. The number of fused-ring (bicyclic) bond motifs is 1. The van der Waals surface area contributed by atoms with E-state index in [1.807, 2.05) is 43.3 Å². The zero-order valence-corrected chi connectivity index (χ0v) is 19.3. The first-order valence-corrected chi connectivity index (χ1v) is 11.0. The summed E-state index contributed by atoms with van der Waals surface area (Å²) in [6.45, 7) is 6.04. The second-order valence-electron chi connectivity index (χ2n) is 9.10. The van der Waals surface area contributed by atoms with Gasteiger partial charge < -0.3 is 14.8 Å². The Bertz CT molecular complexity index is 1100. The molecule has 6 nitrogen and oxygen atoms in total. The molecule has 1 aliphatic heterocycles. The topological polar surface area (TPSA) is 67.9 Å². The van der Waals surface area contributed by atoms with E-state index < -0.39 is 6.04 Å². The van der Waals surface area contributed by atoms with Gasteiger partial charge in [-0.25, -0.2) is 0 Å². The van der Waals surface area contributed by atoms with Gasteiger partial charge in [-0.1, -0.05) is 32.9 Å². The number of ketones is 1. The average molecular weight is 435 g/mol. The molecule has 1 N–H and O–H groups in total. The van der Waals surface area contributed by atoms with Crippen LogP contribution in [0, 0.1) is 5.41 Å². The number of nitrogens with one attached hydrogen (secondary N) is 1. The summed E-state index contributed by atoms with van der Waals surface area (Å²) < 4.78 is 11.1. The first-order chi connectivity index (χ1) is 15.3. The fourth-order valence-corrected chi connectivity index (χ4v) is 4.77. The van der Waals surface area contributed by atoms with Crippen LogP contribution in [-0.4, -0.2) is 25.9 Å². The molecule has 0 unspecified atom stereocenters. The van der Waals surface area contributed by atoms with Crippen molar-refractivity contribution in [2.24, 2.45) is 5.41 Å². The number of allylic oxidation sites excluding steroid dienone is 1. The van der Waals surface area contributed by atoms with Gasteiger partial charge in [0, 0.05) is 35.7 Å². The summed E-state index contributed by atoms with van der Waals surface area (Å²) in [4.78, 5) is 28.8. The molecule has 1 aliphatic carbocycles. The van der Waals surface area contributed by atoms with Gasteiger partial charge >= 0.3 is 0 Å². The quantitative estimate of drug-likeness (QED) is 0.711. The number of Topliss-reactive ketones (excluding diaryl/α,β-unsaturated/α-hetero) is 1. The number of amides is 1. The van der Waals surface area contributed by atoms with Crippen LogP contribution in [0.25, 0.3) is 0 Å². The number of anilines is 2. The zero-order valence-electron chi connectivity index (χ0n) is 19.3. The normalized spacial score (nSPS) is 19.5. The first-order valence-electron chi connectivity index (χ1n) is 11.0. The van der Waals surface area contributed by atoms with Crippen molar-refractivity contribution in [3.63, 3.8) is 0 Å². The Labute approximate surface area is 189 Å². The van der Waals surface area contributed by atoms with Crippen molar-refractivity contribution >= 4 is 23.1 Å². The Morgan fingerprint density at radius 1 is 1.12 bits per heavy atom. The summed E-state index contributed by atoms with van der Waals surface area (Å²) in [6.07, 6.45) is 1.45. The Morgan fingerprint density at radius 3 is 2.56 bits per heavy atom. The van der Waals surface area contributed by atoms with Gasteiger partial charge in [0.1, 0.15) is 11.5 Å². The maximum atomic E-state index is 13.6. The smallest absolute Gasteiger partial charge is 0.227 e. The third-order valence-corrected chi connectivity index (χ3v) is 6.21. The SMILES string of the molecule is CCC(=O)N1c2ccccc2NC2=C(C(=O)CC(C)(C)C2)[C@H]1c1ccc(OC)cc1OC. The second kappa shape index (κ2) is 8.34. The molecule has 4 rings (SSSR count). The van der Waals surface area contributed by atoms with E-state index >= 15 is 0 Å². The lowest BCUT2D eigenvalue weighted by Crippen LogP contribution is -2.39. The van der Waals surface area contributed by atoms with Gasteiger partial charge in [0.25, 0.3) is 0 Å². The molecule has 0 saturated carbocycles. The Hall–Kier alpha value is -3.28. The summed E-state index contributed by atoms with van der Waals surface area (Å²) in [5.41, 5.74) is 3.66. The summed E-state index contributed by atoms with van der Waals surface area (Å²) in [5.74, 6) is 1.21. The second-order valence-corrected chi connectivity index (χ2v) is 9.10. The van der Waals surface area contributed by atoms with Crippen LogP contribution in [0.2, 0.25) is 0 Å². The van der Waals surface area contributed by atoms with Crippen LogP contribution in [0.15, 0.2) is 53.7 Å². The number of carbonyl (C=O) groups is 2. The van der Waals surface area contributed by atoms with Gasteiger partial charge in [-0.05, 0) is 36.1 Å². The summed E-state index contributed by atoms with van der Waals surface area (Å²) in [6, 6.07) is 12.7. The van der Waals surface area contributed by atoms with Crippen molar-refractivity contribution in [3.05, 3.63) is 59.3 Å². The number of ether oxygens (including phenoxy) is 2. The van der Waals surface area contributed by atoms with Gasteiger partial charge in [-0.3, -0.25) is 14.5 Å². The number of methoxy groups -OCH3 is 2. The highest BCUT2D eigenvalue weighted by atomic mass is 16.5. The molecule has 0 bridgehead atoms. The molecule has 1 amide bonds. The van der Waals surface area contributed by atoms with Crippen molar-refractivity contribution in [3.8, 4) is 11.5 Å². The largest absolute Gasteiger partial charge is 0.497 e. The lowest BCUT2D eigenvalue weighted by atomic mass is 9.73. The van der Waals surface area contributed by atoms with Crippen LogP contribution >= 0.6 is 0 Å². The van der Waals surface area contributed by atoms with E-state index in [1.54, 1.807) is 25.2 Å². The van der Waals surface area contributed by atoms with Crippen LogP contribution in [0.4, 0.5) is 11.4 Å². The molecule has 1 heterocycles. The standard InChI is InChI=1S/C26H30N2O4/c1-6-23(30)28-20-10-8-7-9-18(20)27-19-14-26(2,3)15-21(29)24(19)25(28)17-12-11-16(31-4)13-22(17)32-5/h7-13,25,27H,6,14-15H2,1-5H3/t25-/m1/s1. The monoisotopic (exact) mass is 434 g/mol. The van der Waals surface area contributed by atoms with Crippen molar-refractivity contribution < 1.29 is 19.1 Å². The Kier molecular flexibility index (Phi) is 5.71. The Balaban J connectivity index is 2.04. The maximum absolute atomic E-state index is 13.6. The number of hydrogen-bond acceptors (Lipinski definition) is 5. The highest BCUT2D eigenvalue weighted by Crippen LogP contribution is 2.50. The van der Waals surface area contributed by atoms with E-state index in [2.05, 4.69) is 19.2 Å². The number of rotatable bonds is 4. The fraction of sp³-hybridized carbons (Fsp3) is 0.385. The van der Waals surface area contributed by atoms with E-state index in [0.29, 0.717) is 36.3 Å². The van der Waals surface area contributed by atoms with Crippen LogP contribution in [0.3, 0.4) is 0 Å². The first kappa shape index (κ1) is 21.9. The molecular formula is C26H30N2O4. The maximum Gasteiger partial charge on any atom is 0.227 e. The molecule has 6 heteroatoms. The number of nitrogens with zero attached hydrogens (tertiary/aromatic N) is 1. The van der Waals surface area contributed by atoms with Gasteiger partial charge in [-0.15, -0.1) is 0 Å². The van der Waals surface area contributed by atoms with E-state index in [4.69, 9.17) is 9.47 Å². The van der Waals surface area contributed by atoms with Crippen LogP contribution in [-0.2, 0) is 9.59 Å². The van der Waals surface area contributed by atoms with Crippen molar-refractivity contribution in [2.75, 3.05) is 24.4 Å². The lowest BCUT2D eigenvalue weighted by molar-refractivity contribution is -0.119. The predicted molar refractivity (Wildman–Crippen MR) is 125 cm³/mol. The van der Waals surface area contributed by atoms with E-state index in [0.717, 1.165) is 22.6 Å². The molecule has 1 atom stereocenters. The lowest BCUT2D eigenvalue weighted by Gasteiger charge is -2.37. The summed E-state index contributed by atoms with van der Waals surface area (Å²) in [7, 11) is 3.19. The van der Waals surface area contributed by atoms with E-state index in [9.17, 15) is 9.59 Å². The molecule has 32 heavy (non-hydrogen) atoms. The van der Waals surface area contributed by atoms with Gasteiger partial charge in [-0.2, -0.15) is 0 Å². The Morgan fingerprint density at radius 2 is 1.88 bits per heavy atom. The minimum Gasteiger partial charge on any atom is -0.497 e. The fourth-order valence-electron chi connectivity index (χ4n) is 4.77. The van der Waals surface area contributed by atoms with Crippen molar-refractivity contribution in [1.82, 2.24) is 0 Å². The summed E-state index contributed by atoms with van der Waals surface area (Å²) >= 11 is 0. The molecule has 0 fully saturated rings. The van der Waals surface area contributed by atoms with Gasteiger partial charge in [0.15, 0.2) is 5.78 Å². The number of para-hydroxylation sites is 2. The average Bonchev–Trinajstić information content (AvgIpc) is 2.91. The number of benzene rings is 2. The molecule has 0 spiro atoms. The zero-order chi connectivity index (χ0) is 23.0. The van der Waals surface area contributed by atoms with Crippen LogP contribution in [0.1, 0.15) is 51.6 Å². The highest BCUT2D eigenvalue weighted by molar-refractivity contribution is 6.06. The third-order valence-electron chi connectivity index (χ3n) is 6.21. The van der Waals surface area contributed by atoms with E-state index in [-0.39, 0.29) is 17.1 Å². The van der Waals surface area contributed by atoms with Gasteiger partial charge in [0.2, 0.25) is 5.91 Å². The molecule has 2 aromatic rings. The van der Waals surface area contributed by atoms with Crippen molar-refractivity contribution in [2.45, 2.75) is 46.1 Å². The van der Waals surface area contributed by atoms with Crippen LogP contribution in [0.5, 0.6) is 11.5 Å². The van der Waals surface area contributed by atoms with E-state index in [1.165, 1.54) is 0 Å². The van der Waals surface area contributed by atoms with Gasteiger partial charge in [0.05, 0.1) is 31.6 Å². The molecule has 0 radical (unpaired) electrons. The third kappa shape index (κ3) is 3.74. The predicted octanol–water partition coefficient (Wildman–Crippen LogP) is 5.26. The molecule has 0 saturated heterocycles. The van der Waals surface area contributed by atoms with Crippen molar-refractivity contribution in [1.29, 1.82) is 0 Å². The highest BCUT2D eigenvalue weighted by Gasteiger charge is 2.43. The minimum absolute atomic E-state index is 0.0494. The van der Waals surface area contributed by atoms with Crippen LogP contribution < -0.4 is 19.7 Å². The molecule has 2 aromatic carbocycles.